The van der Waals surface area contributed by atoms with Crippen LogP contribution in [0.25, 0.3) is 12.2 Å². The number of carbonyl (C=O) groups is 2. The first-order valence-corrected chi connectivity index (χ1v) is 9.03. The molecule has 6 heteroatoms. The number of benzene rings is 2. The van der Waals surface area contributed by atoms with Crippen molar-refractivity contribution >= 4 is 24.7 Å². The van der Waals surface area contributed by atoms with E-state index in [0.717, 1.165) is 23.7 Å². The van der Waals surface area contributed by atoms with Crippen LogP contribution in [0.2, 0.25) is 0 Å². The summed E-state index contributed by atoms with van der Waals surface area (Å²) in [6.07, 6.45) is 11.9. The number of rotatable bonds is 4. The van der Waals surface area contributed by atoms with Crippen LogP contribution in [0.3, 0.4) is 0 Å². The zero-order chi connectivity index (χ0) is 21.3. The van der Waals surface area contributed by atoms with Gasteiger partial charge in [-0.15, -0.1) is 0 Å². The second-order valence-electron chi connectivity index (χ2n) is 5.74. The number of aromatic nitrogens is 4. The third-order valence-electron chi connectivity index (χ3n) is 3.55. The van der Waals surface area contributed by atoms with E-state index in [4.69, 9.17) is 0 Å². The Bertz CT molecular complexity index is 925. The average molecular weight is 396 g/mol. The van der Waals surface area contributed by atoms with E-state index in [-0.39, 0.29) is 0 Å². The minimum absolute atomic E-state index is 0.556. The molecular formula is C24H20N4O2. The van der Waals surface area contributed by atoms with Crippen LogP contribution in [0, 0.1) is 0 Å². The average Bonchev–Trinajstić information content (AvgIpc) is 2.86. The highest BCUT2D eigenvalue weighted by Gasteiger charge is 1.86. The Hall–Kier alpha value is -4.32. The summed E-state index contributed by atoms with van der Waals surface area (Å²) in [5.74, 6) is 0. The van der Waals surface area contributed by atoms with Crippen LogP contribution >= 0.6 is 0 Å². The van der Waals surface area contributed by atoms with Gasteiger partial charge in [-0.25, -0.2) is 0 Å². The third kappa shape index (κ3) is 9.05. The molecule has 148 valence electrons. The van der Waals surface area contributed by atoms with Crippen LogP contribution in [-0.4, -0.2) is 33.0 Å². The van der Waals surface area contributed by atoms with Crippen LogP contribution in [-0.2, 0) is 0 Å². The Morgan fingerprint density at radius 2 is 0.933 bits per heavy atom. The topological polar surface area (TPSA) is 85.7 Å². The van der Waals surface area contributed by atoms with Gasteiger partial charge in [-0.2, -0.15) is 20.4 Å². The van der Waals surface area contributed by atoms with Gasteiger partial charge in [-0.1, -0.05) is 72.8 Å². The predicted octanol–water partition coefficient (Wildman–Crippen LogP) is 4.44. The highest BCUT2D eigenvalue weighted by atomic mass is 16.1. The van der Waals surface area contributed by atoms with E-state index < -0.39 is 0 Å². The van der Waals surface area contributed by atoms with Gasteiger partial charge >= 0.3 is 0 Å². The van der Waals surface area contributed by atoms with Gasteiger partial charge in [0, 0.05) is 11.1 Å². The van der Waals surface area contributed by atoms with Crippen molar-refractivity contribution in [3.05, 3.63) is 120 Å². The Balaban J connectivity index is 0.000000172. The normalized spacial score (nSPS) is 9.47. The van der Waals surface area contributed by atoms with Crippen molar-refractivity contribution in [1.82, 2.24) is 20.4 Å². The molecule has 0 saturated carbocycles. The van der Waals surface area contributed by atoms with Gasteiger partial charge in [0.05, 0.1) is 24.8 Å². The SMILES string of the molecule is C(=Cc1ccnnc1)c1ccccc1.O=Cc1ccccc1.O=Cc1ccnnc1. The van der Waals surface area contributed by atoms with Gasteiger partial charge in [0.1, 0.15) is 6.29 Å². The molecule has 0 N–H and O–H groups in total. The summed E-state index contributed by atoms with van der Waals surface area (Å²) < 4.78 is 0. The standard InChI is InChI=1S/C12H10N2.C7H6O.C5H4N2O/c1-2-4-11(5-3-1)6-7-12-8-9-13-14-10-12;8-6-7-4-2-1-3-5-7;8-4-5-1-2-6-7-3-5/h1-10H;1-6H;1-4H. The van der Waals surface area contributed by atoms with Gasteiger partial charge in [0.15, 0.2) is 6.29 Å². The van der Waals surface area contributed by atoms with E-state index in [1.165, 1.54) is 18.0 Å². The molecule has 0 fully saturated rings. The van der Waals surface area contributed by atoms with E-state index in [1.54, 1.807) is 30.6 Å². The molecule has 0 aliphatic rings. The minimum atomic E-state index is 0.556. The summed E-state index contributed by atoms with van der Waals surface area (Å²) in [4.78, 5) is 19.9. The van der Waals surface area contributed by atoms with Crippen molar-refractivity contribution in [2.45, 2.75) is 0 Å². The Morgan fingerprint density at radius 3 is 1.33 bits per heavy atom. The summed E-state index contributed by atoms with van der Waals surface area (Å²) in [6, 6.07) is 22.8. The Kier molecular flexibility index (Phi) is 10.1. The van der Waals surface area contributed by atoms with E-state index >= 15 is 0 Å². The fourth-order valence-corrected chi connectivity index (χ4v) is 2.06. The number of hydrogen-bond donors (Lipinski definition) is 0. The van der Waals surface area contributed by atoms with Crippen LogP contribution < -0.4 is 0 Å². The van der Waals surface area contributed by atoms with Crippen LogP contribution in [0.4, 0.5) is 0 Å². The smallest absolute Gasteiger partial charge is 0.151 e. The molecule has 0 amide bonds. The molecule has 0 aliphatic heterocycles. The summed E-state index contributed by atoms with van der Waals surface area (Å²) in [5.41, 5.74) is 3.53. The number of carbonyl (C=O) groups excluding carboxylic acids is 2. The first kappa shape index (κ1) is 22.0. The fourth-order valence-electron chi connectivity index (χ4n) is 2.06. The van der Waals surface area contributed by atoms with Gasteiger partial charge in [-0.05, 0) is 23.3 Å². The Morgan fingerprint density at radius 1 is 0.467 bits per heavy atom. The molecule has 2 aromatic heterocycles. The number of aldehydes is 2. The lowest BCUT2D eigenvalue weighted by atomic mass is 10.2. The van der Waals surface area contributed by atoms with E-state index in [9.17, 15) is 9.59 Å². The van der Waals surface area contributed by atoms with Crippen molar-refractivity contribution < 1.29 is 9.59 Å². The molecule has 2 aromatic carbocycles. The lowest BCUT2D eigenvalue weighted by molar-refractivity contribution is 0.111. The number of nitrogens with zero attached hydrogens (tertiary/aromatic N) is 4. The van der Waals surface area contributed by atoms with Crippen LogP contribution in [0.1, 0.15) is 31.8 Å². The van der Waals surface area contributed by atoms with Crippen molar-refractivity contribution in [1.29, 1.82) is 0 Å². The van der Waals surface area contributed by atoms with Gasteiger partial charge < -0.3 is 0 Å². The maximum atomic E-state index is 10.0. The molecule has 0 bridgehead atoms. The molecule has 0 spiro atoms. The van der Waals surface area contributed by atoms with Crippen LogP contribution in [0.15, 0.2) is 97.6 Å². The molecule has 6 nitrogen and oxygen atoms in total. The fraction of sp³-hybridized carbons (Fsp3) is 0. The van der Waals surface area contributed by atoms with Crippen molar-refractivity contribution in [3.63, 3.8) is 0 Å². The maximum Gasteiger partial charge on any atom is 0.151 e. The summed E-state index contributed by atoms with van der Waals surface area (Å²) in [7, 11) is 0. The first-order chi connectivity index (χ1) is 14.8. The van der Waals surface area contributed by atoms with Crippen LogP contribution in [0.5, 0.6) is 0 Å². The largest absolute Gasteiger partial charge is 0.298 e. The lowest BCUT2D eigenvalue weighted by Gasteiger charge is -1.91. The van der Waals surface area contributed by atoms with Gasteiger partial charge in [-0.3, -0.25) is 9.59 Å². The third-order valence-corrected chi connectivity index (χ3v) is 3.55. The number of hydrogen-bond acceptors (Lipinski definition) is 6. The molecule has 2 heterocycles. The summed E-state index contributed by atoms with van der Waals surface area (Å²) in [5, 5.41) is 14.5. The quantitative estimate of drug-likeness (QED) is 0.474. The predicted molar refractivity (Wildman–Crippen MR) is 117 cm³/mol. The molecule has 0 atom stereocenters. The summed E-state index contributed by atoms with van der Waals surface area (Å²) in [6.45, 7) is 0. The second kappa shape index (κ2) is 13.8. The molecule has 0 radical (unpaired) electrons. The van der Waals surface area contributed by atoms with Crippen molar-refractivity contribution in [2.24, 2.45) is 0 Å². The molecule has 4 aromatic rings. The zero-order valence-corrected chi connectivity index (χ0v) is 16.2. The van der Waals surface area contributed by atoms with E-state index in [0.29, 0.717) is 5.56 Å². The molecule has 30 heavy (non-hydrogen) atoms. The maximum absolute atomic E-state index is 10.0. The van der Waals surface area contributed by atoms with Crippen molar-refractivity contribution in [2.75, 3.05) is 0 Å². The first-order valence-electron chi connectivity index (χ1n) is 9.03. The zero-order valence-electron chi connectivity index (χ0n) is 16.2. The highest BCUT2D eigenvalue weighted by Crippen LogP contribution is 2.05. The molecule has 4 rings (SSSR count). The van der Waals surface area contributed by atoms with Crippen molar-refractivity contribution in [3.8, 4) is 0 Å². The molecular weight excluding hydrogens is 376 g/mol. The lowest BCUT2D eigenvalue weighted by Crippen LogP contribution is -1.82. The summed E-state index contributed by atoms with van der Waals surface area (Å²) >= 11 is 0. The van der Waals surface area contributed by atoms with E-state index in [1.807, 2.05) is 48.5 Å². The van der Waals surface area contributed by atoms with Gasteiger partial charge in [0.2, 0.25) is 0 Å². The molecule has 0 saturated heterocycles. The highest BCUT2D eigenvalue weighted by molar-refractivity contribution is 5.74. The van der Waals surface area contributed by atoms with Gasteiger partial charge in [0.25, 0.3) is 0 Å². The minimum Gasteiger partial charge on any atom is -0.298 e. The van der Waals surface area contributed by atoms with E-state index in [2.05, 4.69) is 38.6 Å². The molecule has 0 aliphatic carbocycles. The second-order valence-corrected chi connectivity index (χ2v) is 5.74. The molecule has 0 unspecified atom stereocenters. The Labute approximate surface area is 175 Å². The monoisotopic (exact) mass is 396 g/mol.